The average Bonchev–Trinajstić information content (AvgIpc) is 3.17. The van der Waals surface area contributed by atoms with E-state index in [1.54, 1.807) is 0 Å². The first-order chi connectivity index (χ1) is 9.43. The van der Waals surface area contributed by atoms with E-state index >= 15 is 0 Å². The Hall–Kier alpha value is -1.64. The lowest BCUT2D eigenvalue weighted by Gasteiger charge is -2.35. The molecule has 2 fully saturated rings. The van der Waals surface area contributed by atoms with Crippen LogP contribution in [0.5, 0.6) is 0 Å². The van der Waals surface area contributed by atoms with Crippen LogP contribution in [0.25, 0.3) is 0 Å². The van der Waals surface area contributed by atoms with Crippen LogP contribution in [0.2, 0.25) is 0 Å². The van der Waals surface area contributed by atoms with E-state index in [0.29, 0.717) is 12.1 Å². The van der Waals surface area contributed by atoms with Crippen molar-refractivity contribution in [2.75, 3.05) is 5.01 Å². The minimum atomic E-state index is 0.450. The molecule has 0 spiro atoms. The first kappa shape index (κ1) is 10.2. The summed E-state index contributed by atoms with van der Waals surface area (Å²) in [5.74, 6) is 3.18. The first-order valence-corrected chi connectivity index (χ1v) is 7.35. The fourth-order valence-corrected chi connectivity index (χ4v) is 4.99. The summed E-state index contributed by atoms with van der Waals surface area (Å²) in [6, 6.07) is 11.5. The minimum Gasteiger partial charge on any atom is -0.242 e. The summed E-state index contributed by atoms with van der Waals surface area (Å²) in [7, 11) is 0. The van der Waals surface area contributed by atoms with E-state index in [0.717, 1.165) is 23.7 Å². The number of fused-ring (bicyclic) bond motifs is 8. The van der Waals surface area contributed by atoms with Gasteiger partial charge in [0.05, 0.1) is 17.8 Å². The van der Waals surface area contributed by atoms with E-state index in [9.17, 15) is 0 Å². The predicted octanol–water partition coefficient (Wildman–Crippen LogP) is 3.45. The van der Waals surface area contributed by atoms with E-state index in [2.05, 4.69) is 57.8 Å². The van der Waals surface area contributed by atoms with Crippen molar-refractivity contribution < 1.29 is 0 Å². The lowest BCUT2D eigenvalue weighted by atomic mass is 9.76. The van der Waals surface area contributed by atoms with Gasteiger partial charge in [-0.1, -0.05) is 35.6 Å². The third-order valence-corrected chi connectivity index (χ3v) is 5.66. The van der Waals surface area contributed by atoms with Gasteiger partial charge in [0.15, 0.2) is 0 Å². The zero-order valence-corrected chi connectivity index (χ0v) is 10.8. The molecule has 1 aromatic carbocycles. The number of para-hydroxylation sites is 1. The Bertz CT molecular complexity index is 565. The molecule has 1 heterocycles. The van der Waals surface area contributed by atoms with E-state index in [-0.39, 0.29) is 0 Å². The first-order valence-electron chi connectivity index (χ1n) is 7.35. The van der Waals surface area contributed by atoms with Gasteiger partial charge in [0.2, 0.25) is 0 Å². The number of hydrogen-bond donors (Lipinski definition) is 0. The largest absolute Gasteiger partial charge is 0.242 e. The van der Waals surface area contributed by atoms with Crippen LogP contribution < -0.4 is 5.01 Å². The van der Waals surface area contributed by atoms with Crippen LogP contribution in [0.3, 0.4) is 0 Å². The number of allylic oxidation sites excluding steroid dienone is 2. The van der Waals surface area contributed by atoms with E-state index in [4.69, 9.17) is 0 Å². The highest BCUT2D eigenvalue weighted by Crippen LogP contribution is 2.60. The molecule has 19 heavy (non-hydrogen) atoms. The number of rotatable bonds is 1. The second kappa shape index (κ2) is 3.47. The summed E-state index contributed by atoms with van der Waals surface area (Å²) in [6.07, 6.45) is 7.49. The average molecular weight is 251 g/mol. The third kappa shape index (κ3) is 1.18. The van der Waals surface area contributed by atoms with Gasteiger partial charge in [-0.3, -0.25) is 0 Å². The van der Waals surface area contributed by atoms with Crippen LogP contribution in [-0.2, 0) is 0 Å². The molecule has 96 valence electrons. The predicted molar refractivity (Wildman–Crippen MR) is 73.7 cm³/mol. The second-order valence-electron chi connectivity index (χ2n) is 6.33. The van der Waals surface area contributed by atoms with Gasteiger partial charge in [0.25, 0.3) is 0 Å². The SMILES string of the molecule is C1=C[C@H]2[C@@H](C1)[C@@H]1C[C@H]2[C@H]2[C@@H]1N=NN2c1ccccc1. The Morgan fingerprint density at radius 1 is 1.05 bits per heavy atom. The van der Waals surface area contributed by atoms with Gasteiger partial charge >= 0.3 is 0 Å². The maximum atomic E-state index is 4.62. The normalized spacial score (nSPS) is 44.9. The van der Waals surface area contributed by atoms with Gasteiger partial charge in [-0.2, -0.15) is 5.11 Å². The van der Waals surface area contributed by atoms with Crippen molar-refractivity contribution in [3.8, 4) is 0 Å². The van der Waals surface area contributed by atoms with Crippen molar-refractivity contribution in [2.45, 2.75) is 24.9 Å². The lowest BCUT2D eigenvalue weighted by Crippen LogP contribution is -2.44. The second-order valence-corrected chi connectivity index (χ2v) is 6.33. The number of anilines is 1. The van der Waals surface area contributed by atoms with Crippen molar-refractivity contribution in [3.05, 3.63) is 42.5 Å². The van der Waals surface area contributed by atoms with Gasteiger partial charge in [-0.05, 0) is 48.6 Å². The van der Waals surface area contributed by atoms with Crippen molar-refractivity contribution >= 4 is 5.69 Å². The topological polar surface area (TPSA) is 28.0 Å². The molecule has 1 aliphatic heterocycles. The molecule has 0 amide bonds. The molecule has 0 unspecified atom stereocenters. The quantitative estimate of drug-likeness (QED) is 0.702. The fraction of sp³-hybridized carbons (Fsp3) is 0.500. The fourth-order valence-electron chi connectivity index (χ4n) is 4.99. The van der Waals surface area contributed by atoms with Crippen LogP contribution in [0.1, 0.15) is 12.8 Å². The molecule has 0 aromatic heterocycles. The zero-order valence-electron chi connectivity index (χ0n) is 10.8. The molecule has 3 nitrogen and oxygen atoms in total. The Labute approximate surface area is 113 Å². The molecule has 5 rings (SSSR count). The highest BCUT2D eigenvalue weighted by atomic mass is 15.6. The molecule has 0 radical (unpaired) electrons. The summed E-state index contributed by atoms with van der Waals surface area (Å²) in [4.78, 5) is 0. The number of nitrogens with zero attached hydrogens (tertiary/aromatic N) is 3. The maximum Gasteiger partial charge on any atom is 0.0988 e. The van der Waals surface area contributed by atoms with Crippen molar-refractivity contribution in [1.29, 1.82) is 0 Å². The molecule has 1 aromatic rings. The maximum absolute atomic E-state index is 4.62. The van der Waals surface area contributed by atoms with Crippen LogP contribution in [0.4, 0.5) is 5.69 Å². The molecule has 6 atom stereocenters. The molecular weight excluding hydrogens is 234 g/mol. The Morgan fingerprint density at radius 2 is 1.95 bits per heavy atom. The molecule has 0 saturated heterocycles. The standard InChI is InChI=1S/C16H17N3/c1-2-5-10(6-3-1)19-16-14-9-13(15(16)17-18-19)11-7-4-8-12(11)14/h1-6,8,11-16H,7,9H2/t11-,12+,13+,14-,15-,16+/m1/s1. The van der Waals surface area contributed by atoms with E-state index in [1.807, 2.05) is 0 Å². The van der Waals surface area contributed by atoms with Crippen LogP contribution in [-0.4, -0.2) is 12.1 Å². The van der Waals surface area contributed by atoms with Crippen molar-refractivity contribution in [3.63, 3.8) is 0 Å². The summed E-state index contributed by atoms with van der Waals surface area (Å²) in [5.41, 5.74) is 1.20. The Balaban J connectivity index is 1.53. The summed E-state index contributed by atoms with van der Waals surface area (Å²) in [5, 5.41) is 11.3. The molecule has 3 aliphatic carbocycles. The summed E-state index contributed by atoms with van der Waals surface area (Å²) in [6.45, 7) is 0. The van der Waals surface area contributed by atoms with Crippen LogP contribution in [0, 0.1) is 23.7 Å². The molecule has 3 heteroatoms. The van der Waals surface area contributed by atoms with Crippen LogP contribution >= 0.6 is 0 Å². The number of benzene rings is 1. The molecule has 2 bridgehead atoms. The van der Waals surface area contributed by atoms with Gasteiger partial charge in [0.1, 0.15) is 0 Å². The van der Waals surface area contributed by atoms with E-state index in [1.165, 1.54) is 18.5 Å². The van der Waals surface area contributed by atoms with E-state index < -0.39 is 0 Å². The van der Waals surface area contributed by atoms with Gasteiger partial charge in [-0.25, -0.2) is 5.01 Å². The monoisotopic (exact) mass is 251 g/mol. The molecule has 4 aliphatic rings. The van der Waals surface area contributed by atoms with Gasteiger partial charge in [-0.15, -0.1) is 0 Å². The highest BCUT2D eigenvalue weighted by molar-refractivity contribution is 5.48. The van der Waals surface area contributed by atoms with Crippen LogP contribution in [0.15, 0.2) is 52.8 Å². The summed E-state index contributed by atoms with van der Waals surface area (Å²) >= 11 is 0. The molecule has 0 N–H and O–H groups in total. The minimum absolute atomic E-state index is 0.450. The third-order valence-electron chi connectivity index (χ3n) is 5.66. The van der Waals surface area contributed by atoms with Gasteiger partial charge < -0.3 is 0 Å². The molecular formula is C16H17N3. The Kier molecular flexibility index (Phi) is 1.86. The van der Waals surface area contributed by atoms with Gasteiger partial charge in [0, 0.05) is 0 Å². The van der Waals surface area contributed by atoms with Crippen molar-refractivity contribution in [1.82, 2.24) is 0 Å². The Morgan fingerprint density at radius 3 is 2.84 bits per heavy atom. The smallest absolute Gasteiger partial charge is 0.0988 e. The highest BCUT2D eigenvalue weighted by Gasteiger charge is 2.61. The zero-order chi connectivity index (χ0) is 12.4. The lowest BCUT2D eigenvalue weighted by molar-refractivity contribution is 0.238. The summed E-state index contributed by atoms with van der Waals surface area (Å²) < 4.78 is 0. The molecule has 2 saturated carbocycles. The van der Waals surface area contributed by atoms with Crippen molar-refractivity contribution in [2.24, 2.45) is 34.0 Å². The number of hydrogen-bond acceptors (Lipinski definition) is 3.